The highest BCUT2D eigenvalue weighted by Gasteiger charge is 2.12. The van der Waals surface area contributed by atoms with Gasteiger partial charge in [-0.2, -0.15) is 0 Å². The minimum atomic E-state index is 0. The molecule has 0 fully saturated rings. The Morgan fingerprint density at radius 3 is 2.81 bits per heavy atom. The Hall–Kier alpha value is -2.53. The highest BCUT2D eigenvalue weighted by atomic mass is 35.5. The molecule has 0 atom stereocenters. The molecule has 0 aliphatic rings. The number of para-hydroxylation sites is 1. The average molecular weight is 302 g/mol. The number of rotatable bonds is 3. The molecule has 0 saturated carbocycles. The molecular weight excluding hydrogens is 290 g/mol. The van der Waals surface area contributed by atoms with E-state index in [-0.39, 0.29) is 12.4 Å². The molecule has 106 valence electrons. The van der Waals surface area contributed by atoms with Gasteiger partial charge in [0.25, 0.3) is 0 Å². The van der Waals surface area contributed by atoms with Gasteiger partial charge in [0.2, 0.25) is 0 Å². The van der Waals surface area contributed by atoms with E-state index in [0.717, 1.165) is 22.2 Å². The second kappa shape index (κ2) is 5.46. The lowest BCUT2D eigenvalue weighted by atomic mass is 10.2. The SMILES string of the molecule is Cl.c1coc(CNc2ncnc3c2oc2ccccc23)c1. The van der Waals surface area contributed by atoms with E-state index in [1.54, 1.807) is 6.26 Å². The monoisotopic (exact) mass is 301 g/mol. The number of hydrogen-bond donors (Lipinski definition) is 1. The van der Waals surface area contributed by atoms with Gasteiger partial charge in [0.15, 0.2) is 11.4 Å². The van der Waals surface area contributed by atoms with Crippen molar-refractivity contribution in [2.45, 2.75) is 6.54 Å². The molecule has 0 radical (unpaired) electrons. The van der Waals surface area contributed by atoms with E-state index >= 15 is 0 Å². The van der Waals surface area contributed by atoms with E-state index in [4.69, 9.17) is 8.83 Å². The number of anilines is 1. The molecule has 0 spiro atoms. The Labute approximate surface area is 126 Å². The summed E-state index contributed by atoms with van der Waals surface area (Å²) >= 11 is 0. The van der Waals surface area contributed by atoms with Gasteiger partial charge in [-0.1, -0.05) is 12.1 Å². The van der Waals surface area contributed by atoms with Crippen LogP contribution in [0.25, 0.3) is 22.1 Å². The van der Waals surface area contributed by atoms with E-state index in [9.17, 15) is 0 Å². The average Bonchev–Trinajstić information content (AvgIpc) is 3.12. The predicted molar refractivity (Wildman–Crippen MR) is 82.6 cm³/mol. The maximum absolute atomic E-state index is 5.84. The van der Waals surface area contributed by atoms with Crippen molar-refractivity contribution in [3.8, 4) is 0 Å². The molecule has 3 heterocycles. The van der Waals surface area contributed by atoms with Crippen molar-refractivity contribution in [2.75, 3.05) is 5.32 Å². The molecule has 0 aliphatic carbocycles. The summed E-state index contributed by atoms with van der Waals surface area (Å²) in [6.45, 7) is 0.552. The minimum Gasteiger partial charge on any atom is -0.467 e. The summed E-state index contributed by atoms with van der Waals surface area (Å²) in [7, 11) is 0. The molecule has 0 saturated heterocycles. The lowest BCUT2D eigenvalue weighted by Crippen LogP contribution is -2.00. The van der Waals surface area contributed by atoms with Crippen molar-refractivity contribution in [3.63, 3.8) is 0 Å². The van der Waals surface area contributed by atoms with E-state index in [2.05, 4.69) is 15.3 Å². The van der Waals surface area contributed by atoms with Gasteiger partial charge < -0.3 is 14.2 Å². The van der Waals surface area contributed by atoms with Crippen molar-refractivity contribution in [1.82, 2.24) is 9.97 Å². The van der Waals surface area contributed by atoms with Crippen LogP contribution < -0.4 is 5.32 Å². The number of nitrogens with zero attached hydrogens (tertiary/aromatic N) is 2. The summed E-state index contributed by atoms with van der Waals surface area (Å²) in [5.74, 6) is 1.51. The zero-order valence-electron chi connectivity index (χ0n) is 10.9. The number of furan rings is 2. The second-order valence-electron chi connectivity index (χ2n) is 4.43. The van der Waals surface area contributed by atoms with Crippen LogP contribution >= 0.6 is 12.4 Å². The van der Waals surface area contributed by atoms with Gasteiger partial charge in [-0.15, -0.1) is 12.4 Å². The first-order valence-electron chi connectivity index (χ1n) is 6.30. The maximum Gasteiger partial charge on any atom is 0.196 e. The third kappa shape index (κ3) is 2.32. The number of benzene rings is 1. The second-order valence-corrected chi connectivity index (χ2v) is 4.43. The molecule has 6 heteroatoms. The molecule has 0 unspecified atom stereocenters. The van der Waals surface area contributed by atoms with Crippen LogP contribution in [-0.4, -0.2) is 9.97 Å². The van der Waals surface area contributed by atoms with Crippen LogP contribution in [-0.2, 0) is 6.54 Å². The smallest absolute Gasteiger partial charge is 0.196 e. The minimum absolute atomic E-state index is 0. The van der Waals surface area contributed by atoms with Crippen LogP contribution in [0.4, 0.5) is 5.82 Å². The van der Waals surface area contributed by atoms with Crippen LogP contribution in [0.3, 0.4) is 0 Å². The van der Waals surface area contributed by atoms with Gasteiger partial charge in [-0.05, 0) is 24.3 Å². The first kappa shape index (κ1) is 13.5. The number of halogens is 1. The summed E-state index contributed by atoms with van der Waals surface area (Å²) in [4.78, 5) is 8.55. The molecule has 5 nitrogen and oxygen atoms in total. The van der Waals surface area contributed by atoms with Gasteiger partial charge >= 0.3 is 0 Å². The summed E-state index contributed by atoms with van der Waals surface area (Å²) < 4.78 is 11.1. The van der Waals surface area contributed by atoms with Crippen molar-refractivity contribution in [1.29, 1.82) is 0 Å². The Balaban J connectivity index is 0.00000132. The summed E-state index contributed by atoms with van der Waals surface area (Å²) in [6, 6.07) is 11.6. The lowest BCUT2D eigenvalue weighted by Gasteiger charge is -2.02. The van der Waals surface area contributed by atoms with Gasteiger partial charge in [0.1, 0.15) is 23.2 Å². The fourth-order valence-electron chi connectivity index (χ4n) is 2.23. The highest BCUT2D eigenvalue weighted by molar-refractivity contribution is 6.05. The van der Waals surface area contributed by atoms with E-state index in [1.165, 1.54) is 6.33 Å². The number of aromatic nitrogens is 2. The largest absolute Gasteiger partial charge is 0.467 e. The summed E-state index contributed by atoms with van der Waals surface area (Å²) in [6.07, 6.45) is 3.18. The molecule has 3 aromatic heterocycles. The molecule has 4 rings (SSSR count). The maximum atomic E-state index is 5.84. The number of hydrogen-bond acceptors (Lipinski definition) is 5. The Bertz CT molecular complexity index is 871. The Kier molecular flexibility index (Phi) is 3.50. The molecule has 1 aromatic carbocycles. The first-order chi connectivity index (χ1) is 9.92. The molecule has 21 heavy (non-hydrogen) atoms. The lowest BCUT2D eigenvalue weighted by molar-refractivity contribution is 0.517. The number of fused-ring (bicyclic) bond motifs is 3. The van der Waals surface area contributed by atoms with Crippen LogP contribution in [0, 0.1) is 0 Å². The molecule has 4 aromatic rings. The first-order valence-corrected chi connectivity index (χ1v) is 6.30. The fraction of sp³-hybridized carbons (Fsp3) is 0.0667. The van der Waals surface area contributed by atoms with Crippen LogP contribution in [0.15, 0.2) is 57.8 Å². The normalized spacial score (nSPS) is 10.7. The van der Waals surface area contributed by atoms with Crippen LogP contribution in [0.1, 0.15) is 5.76 Å². The van der Waals surface area contributed by atoms with Crippen molar-refractivity contribution >= 4 is 40.3 Å². The Morgan fingerprint density at radius 1 is 1.05 bits per heavy atom. The van der Waals surface area contributed by atoms with E-state index in [1.807, 2.05) is 36.4 Å². The van der Waals surface area contributed by atoms with Crippen molar-refractivity contribution in [3.05, 3.63) is 54.7 Å². The summed E-state index contributed by atoms with van der Waals surface area (Å²) in [5.41, 5.74) is 2.29. The topological polar surface area (TPSA) is 64.1 Å². The standard InChI is InChI=1S/C15H11N3O2.ClH/c1-2-6-12-11(5-1)13-14(20-12)15(18-9-17-13)16-8-10-4-3-7-19-10;/h1-7,9H,8H2,(H,16,17,18);1H. The van der Waals surface area contributed by atoms with Gasteiger partial charge in [0.05, 0.1) is 12.8 Å². The predicted octanol–water partition coefficient (Wildman–Crippen LogP) is 4.00. The third-order valence-electron chi connectivity index (χ3n) is 3.17. The highest BCUT2D eigenvalue weighted by Crippen LogP contribution is 2.30. The molecular formula is C15H12ClN3O2. The van der Waals surface area contributed by atoms with Crippen LogP contribution in [0.2, 0.25) is 0 Å². The van der Waals surface area contributed by atoms with Gasteiger partial charge in [-0.25, -0.2) is 9.97 Å². The molecule has 0 bridgehead atoms. The number of nitrogens with one attached hydrogen (secondary N) is 1. The fourth-order valence-corrected chi connectivity index (χ4v) is 2.23. The summed E-state index contributed by atoms with van der Waals surface area (Å²) in [5, 5.41) is 4.20. The van der Waals surface area contributed by atoms with Crippen molar-refractivity contribution < 1.29 is 8.83 Å². The van der Waals surface area contributed by atoms with E-state index in [0.29, 0.717) is 17.9 Å². The third-order valence-corrected chi connectivity index (χ3v) is 3.17. The van der Waals surface area contributed by atoms with E-state index < -0.39 is 0 Å². The quantitative estimate of drug-likeness (QED) is 0.619. The molecule has 0 aliphatic heterocycles. The molecule has 0 amide bonds. The van der Waals surface area contributed by atoms with Gasteiger partial charge in [-0.3, -0.25) is 0 Å². The Morgan fingerprint density at radius 2 is 1.95 bits per heavy atom. The zero-order chi connectivity index (χ0) is 13.4. The van der Waals surface area contributed by atoms with Crippen LogP contribution in [0.5, 0.6) is 0 Å². The molecule has 1 N–H and O–H groups in total. The van der Waals surface area contributed by atoms with Gasteiger partial charge in [0, 0.05) is 5.39 Å². The zero-order valence-corrected chi connectivity index (χ0v) is 11.8. The van der Waals surface area contributed by atoms with Crippen molar-refractivity contribution in [2.24, 2.45) is 0 Å².